The van der Waals surface area contributed by atoms with Gasteiger partial charge in [0.1, 0.15) is 8.07 Å². The predicted octanol–water partition coefficient (Wildman–Crippen LogP) is 5.24. The molecular weight excluding hydrogens is 280 g/mol. The van der Waals surface area contributed by atoms with E-state index in [1.54, 1.807) is 10.4 Å². The lowest BCUT2D eigenvalue weighted by atomic mass is 10.2. The largest absolute Gasteiger partial charge is 0.123 e. The number of hydrogen-bond acceptors (Lipinski definition) is 0. The summed E-state index contributed by atoms with van der Waals surface area (Å²) >= 11 is 0. The summed E-state index contributed by atoms with van der Waals surface area (Å²) in [6, 6.07) is 24.0. The first-order valence-corrected chi connectivity index (χ1v) is 10.8. The van der Waals surface area contributed by atoms with Crippen LogP contribution in [0.25, 0.3) is 0 Å². The van der Waals surface area contributed by atoms with Crippen molar-refractivity contribution in [1.29, 1.82) is 0 Å². The van der Waals surface area contributed by atoms with Gasteiger partial charge in [-0.2, -0.15) is 0 Å². The minimum atomic E-state index is -1.79. The fourth-order valence-corrected chi connectivity index (χ4v) is 9.48. The van der Waals surface area contributed by atoms with Crippen LogP contribution in [0.3, 0.4) is 0 Å². The fourth-order valence-electron chi connectivity index (χ4n) is 3.78. The molecule has 2 aromatic carbocycles. The quantitative estimate of drug-likeness (QED) is 0.505. The number of rotatable bonds is 6. The second kappa shape index (κ2) is 7.28. The maximum absolute atomic E-state index is 2.45. The van der Waals surface area contributed by atoms with E-state index >= 15 is 0 Å². The summed E-state index contributed by atoms with van der Waals surface area (Å²) in [6.45, 7) is 9.65. The van der Waals surface area contributed by atoms with Crippen LogP contribution in [0.2, 0.25) is 11.1 Å². The molecule has 2 rings (SSSR count). The van der Waals surface area contributed by atoms with Crippen molar-refractivity contribution >= 4 is 18.4 Å². The lowest BCUT2D eigenvalue weighted by Gasteiger charge is -2.44. The molecule has 0 N–H and O–H groups in total. The first-order chi connectivity index (χ1) is 10.5. The van der Waals surface area contributed by atoms with Crippen molar-refractivity contribution in [2.24, 2.45) is 0 Å². The maximum Gasteiger partial charge on any atom is 0.123 e. The minimum Gasteiger partial charge on any atom is -0.0654 e. The van der Waals surface area contributed by atoms with E-state index in [4.69, 9.17) is 0 Å². The molecule has 0 spiro atoms. The number of benzene rings is 2. The third-order valence-electron chi connectivity index (χ3n) is 4.97. The van der Waals surface area contributed by atoms with Crippen LogP contribution < -0.4 is 10.4 Å². The van der Waals surface area contributed by atoms with Crippen LogP contribution in [0, 0.1) is 0 Å². The zero-order valence-corrected chi connectivity index (χ0v) is 15.6. The van der Waals surface area contributed by atoms with E-state index in [2.05, 4.69) is 88.4 Å². The van der Waals surface area contributed by atoms with Gasteiger partial charge in [-0.1, -0.05) is 118 Å². The van der Waals surface area contributed by atoms with E-state index < -0.39 is 8.07 Å². The normalized spacial score (nSPS) is 12.4. The van der Waals surface area contributed by atoms with Crippen molar-refractivity contribution in [3.63, 3.8) is 0 Å². The van der Waals surface area contributed by atoms with Gasteiger partial charge in [0.15, 0.2) is 0 Å². The minimum absolute atomic E-state index is 0.309. The van der Waals surface area contributed by atoms with E-state index in [1.807, 2.05) is 0 Å². The highest BCUT2D eigenvalue weighted by atomic mass is 28.3. The molecule has 1 heteroatoms. The van der Waals surface area contributed by atoms with E-state index in [0.29, 0.717) is 5.04 Å². The summed E-state index contributed by atoms with van der Waals surface area (Å²) in [5, 5.41) is 3.48. The molecule has 0 aromatic heterocycles. The second-order valence-corrected chi connectivity index (χ2v) is 12.3. The van der Waals surface area contributed by atoms with Crippen molar-refractivity contribution in [3.05, 3.63) is 60.7 Å². The average molecular weight is 311 g/mol. The lowest BCUT2D eigenvalue weighted by molar-refractivity contribution is 0.700. The lowest BCUT2D eigenvalue weighted by Crippen LogP contribution is -2.64. The first-order valence-electron chi connectivity index (χ1n) is 8.63. The third-order valence-corrected chi connectivity index (χ3v) is 11.3. The summed E-state index contributed by atoms with van der Waals surface area (Å²) in [5.74, 6) is 0. The summed E-state index contributed by atoms with van der Waals surface area (Å²) in [6.07, 6.45) is 3.96. The molecule has 0 heterocycles. The topological polar surface area (TPSA) is 0 Å². The Morgan fingerprint density at radius 3 is 1.55 bits per heavy atom. The molecule has 118 valence electrons. The van der Waals surface area contributed by atoms with Gasteiger partial charge < -0.3 is 0 Å². The SMILES string of the molecule is CCCCC[Si](c1ccccc1)(c1ccccc1)C(C)(C)C. The summed E-state index contributed by atoms with van der Waals surface area (Å²) in [5.41, 5.74) is 0. The van der Waals surface area contributed by atoms with Gasteiger partial charge in [-0.05, 0) is 11.1 Å². The second-order valence-electron chi connectivity index (χ2n) is 7.34. The van der Waals surface area contributed by atoms with Crippen molar-refractivity contribution in [3.8, 4) is 0 Å². The molecule has 0 fully saturated rings. The highest BCUT2D eigenvalue weighted by Gasteiger charge is 2.46. The van der Waals surface area contributed by atoms with Gasteiger partial charge in [0, 0.05) is 0 Å². The molecular formula is C21H30Si. The van der Waals surface area contributed by atoms with E-state index in [-0.39, 0.29) is 0 Å². The molecule has 0 radical (unpaired) electrons. The fraction of sp³-hybridized carbons (Fsp3) is 0.429. The molecule has 0 unspecified atom stereocenters. The molecule has 2 aromatic rings. The molecule has 0 aliphatic carbocycles. The maximum atomic E-state index is 2.45. The smallest absolute Gasteiger partial charge is 0.0654 e. The Hall–Kier alpha value is -1.34. The standard InChI is InChI=1S/C21H30Si/c1-5-6-13-18-22(21(2,3)4,19-14-9-7-10-15-19)20-16-11-8-12-17-20/h7-12,14-17H,5-6,13,18H2,1-4H3. The van der Waals surface area contributed by atoms with E-state index in [1.165, 1.54) is 25.3 Å². The zero-order chi connectivity index (χ0) is 16.1. The molecule has 0 saturated heterocycles. The van der Waals surface area contributed by atoms with Crippen molar-refractivity contribution in [2.45, 2.75) is 58.0 Å². The Bertz CT molecular complexity index is 512. The number of unbranched alkanes of at least 4 members (excludes halogenated alkanes) is 2. The van der Waals surface area contributed by atoms with Crippen molar-refractivity contribution in [1.82, 2.24) is 0 Å². The monoisotopic (exact) mass is 310 g/mol. The van der Waals surface area contributed by atoms with Gasteiger partial charge in [-0.3, -0.25) is 0 Å². The molecule has 0 saturated carbocycles. The van der Waals surface area contributed by atoms with Crippen molar-refractivity contribution in [2.75, 3.05) is 0 Å². The van der Waals surface area contributed by atoms with Gasteiger partial charge in [0.25, 0.3) is 0 Å². The van der Waals surface area contributed by atoms with Gasteiger partial charge in [-0.25, -0.2) is 0 Å². The van der Waals surface area contributed by atoms with Gasteiger partial charge in [0.05, 0.1) is 0 Å². The van der Waals surface area contributed by atoms with Crippen LogP contribution in [-0.2, 0) is 0 Å². The summed E-state index contributed by atoms with van der Waals surface area (Å²) in [4.78, 5) is 0. The Labute approximate surface area is 137 Å². The van der Waals surface area contributed by atoms with E-state index in [9.17, 15) is 0 Å². The van der Waals surface area contributed by atoms with Crippen LogP contribution in [0.15, 0.2) is 60.7 Å². The summed E-state index contributed by atoms with van der Waals surface area (Å²) < 4.78 is 0. The molecule has 0 aliphatic heterocycles. The number of hydrogen-bond donors (Lipinski definition) is 0. The molecule has 22 heavy (non-hydrogen) atoms. The molecule has 0 aliphatic rings. The Kier molecular flexibility index (Phi) is 5.63. The van der Waals surface area contributed by atoms with Gasteiger partial charge >= 0.3 is 0 Å². The molecule has 0 bridgehead atoms. The highest BCUT2D eigenvalue weighted by Crippen LogP contribution is 2.39. The molecule has 0 amide bonds. The van der Waals surface area contributed by atoms with Crippen LogP contribution in [0.5, 0.6) is 0 Å². The highest BCUT2D eigenvalue weighted by molar-refractivity contribution is 7.04. The Morgan fingerprint density at radius 2 is 1.18 bits per heavy atom. The molecule has 0 atom stereocenters. The average Bonchev–Trinajstić information content (AvgIpc) is 2.52. The van der Waals surface area contributed by atoms with Gasteiger partial charge in [0.2, 0.25) is 0 Å². The molecule has 0 nitrogen and oxygen atoms in total. The summed E-state index contributed by atoms with van der Waals surface area (Å²) in [7, 11) is -1.79. The van der Waals surface area contributed by atoms with Crippen LogP contribution >= 0.6 is 0 Å². The van der Waals surface area contributed by atoms with Crippen LogP contribution in [0.4, 0.5) is 0 Å². The van der Waals surface area contributed by atoms with Gasteiger partial charge in [-0.15, -0.1) is 0 Å². The first kappa shape index (κ1) is 17.0. The Morgan fingerprint density at radius 1 is 0.727 bits per heavy atom. The Balaban J connectivity index is 2.59. The zero-order valence-electron chi connectivity index (χ0n) is 14.6. The van der Waals surface area contributed by atoms with Crippen LogP contribution in [0.1, 0.15) is 47.0 Å². The van der Waals surface area contributed by atoms with Crippen LogP contribution in [-0.4, -0.2) is 8.07 Å². The van der Waals surface area contributed by atoms with Crippen molar-refractivity contribution < 1.29 is 0 Å². The third kappa shape index (κ3) is 3.35. The predicted molar refractivity (Wildman–Crippen MR) is 102 cm³/mol. The van der Waals surface area contributed by atoms with E-state index in [0.717, 1.165) is 0 Å².